The van der Waals surface area contributed by atoms with Crippen molar-refractivity contribution >= 4 is 5.78 Å². The van der Waals surface area contributed by atoms with Crippen LogP contribution in [0.2, 0.25) is 0 Å². The van der Waals surface area contributed by atoms with Crippen LogP contribution in [0.4, 0.5) is 0 Å². The highest BCUT2D eigenvalue weighted by molar-refractivity contribution is 5.86. The summed E-state index contributed by atoms with van der Waals surface area (Å²) in [4.78, 5) is 11.1. The number of carbonyl (C=O) groups is 1. The molecule has 2 nitrogen and oxygen atoms in total. The van der Waals surface area contributed by atoms with Gasteiger partial charge in [-0.15, -0.1) is 0 Å². The molecule has 0 aromatic heterocycles. The Morgan fingerprint density at radius 2 is 2.36 bits per heavy atom. The lowest BCUT2D eigenvalue weighted by Crippen LogP contribution is -2.40. The molecule has 11 heavy (non-hydrogen) atoms. The maximum absolute atomic E-state index is 11.1. The first-order chi connectivity index (χ1) is 5.13. The molecule has 0 aromatic rings. The fraction of sp³-hybridized carbons (Fsp3) is 0.667. The summed E-state index contributed by atoms with van der Waals surface area (Å²) in [7, 11) is 0. The number of hydrogen-bond donors (Lipinski definition) is 1. The molecule has 1 unspecified atom stereocenters. The molecule has 60 valence electrons. The van der Waals surface area contributed by atoms with Gasteiger partial charge in [0.15, 0.2) is 5.78 Å². The van der Waals surface area contributed by atoms with E-state index in [2.05, 4.69) is 6.08 Å². The van der Waals surface area contributed by atoms with E-state index in [0.717, 1.165) is 6.42 Å². The Bertz CT molecular complexity index is 232. The molecule has 1 N–H and O–H groups in total. The second-order valence-corrected chi connectivity index (χ2v) is 3.67. The van der Waals surface area contributed by atoms with Crippen LogP contribution in [0, 0.1) is 11.8 Å². The van der Waals surface area contributed by atoms with Crippen LogP contribution in [0.5, 0.6) is 0 Å². The summed E-state index contributed by atoms with van der Waals surface area (Å²) in [6.07, 6.45) is 5.71. The van der Waals surface area contributed by atoms with Crippen molar-refractivity contribution in [3.05, 3.63) is 12.2 Å². The maximum atomic E-state index is 11.1. The molecular weight excluding hydrogens is 140 g/mol. The number of hydrogen-bond acceptors (Lipinski definition) is 2. The maximum Gasteiger partial charge on any atom is 0.161 e. The van der Waals surface area contributed by atoms with Gasteiger partial charge in [-0.3, -0.25) is 4.79 Å². The smallest absolute Gasteiger partial charge is 0.161 e. The Labute approximate surface area is 65.9 Å². The lowest BCUT2D eigenvalue weighted by Gasteiger charge is -2.26. The first-order valence-electron chi connectivity index (χ1n) is 4.04. The normalized spacial score (nSPS) is 46.7. The minimum absolute atomic E-state index is 0.0747. The number of Topliss-reactive ketones (excluding diaryl/α,β-unsaturated/α-hetero) is 1. The predicted molar refractivity (Wildman–Crippen MR) is 41.0 cm³/mol. The average Bonchev–Trinajstić information content (AvgIpc) is 2.45. The lowest BCUT2D eigenvalue weighted by molar-refractivity contribution is -0.137. The Kier molecular flexibility index (Phi) is 1.25. The summed E-state index contributed by atoms with van der Waals surface area (Å²) in [6, 6.07) is 0. The van der Waals surface area contributed by atoms with Crippen LogP contribution in [-0.2, 0) is 4.79 Å². The highest BCUT2D eigenvalue weighted by Crippen LogP contribution is 2.46. The molecule has 0 aromatic carbocycles. The van der Waals surface area contributed by atoms with Crippen molar-refractivity contribution in [1.82, 2.24) is 0 Å². The number of rotatable bonds is 1. The Morgan fingerprint density at radius 3 is 2.64 bits per heavy atom. The summed E-state index contributed by atoms with van der Waals surface area (Å²) in [6.45, 7) is 1.48. The number of fused-ring (bicyclic) bond motifs is 2. The zero-order valence-electron chi connectivity index (χ0n) is 6.58. The highest BCUT2D eigenvalue weighted by Gasteiger charge is 2.50. The Balaban J connectivity index is 2.30. The van der Waals surface area contributed by atoms with Crippen LogP contribution in [0.3, 0.4) is 0 Å². The third-order valence-electron chi connectivity index (χ3n) is 2.97. The summed E-state index contributed by atoms with van der Waals surface area (Å²) in [5, 5.41) is 9.86. The SMILES string of the molecule is CC(=O)C1(O)C[C@H]2C=C[C@@H]1C2. The molecule has 2 aliphatic rings. The van der Waals surface area contributed by atoms with Crippen molar-refractivity contribution in [1.29, 1.82) is 0 Å². The van der Waals surface area contributed by atoms with Crippen molar-refractivity contribution in [3.8, 4) is 0 Å². The van der Waals surface area contributed by atoms with Gasteiger partial charge in [-0.1, -0.05) is 12.2 Å². The van der Waals surface area contributed by atoms with E-state index in [1.54, 1.807) is 0 Å². The monoisotopic (exact) mass is 152 g/mol. The summed E-state index contributed by atoms with van der Waals surface area (Å²) in [5.74, 6) is 0.480. The quantitative estimate of drug-likeness (QED) is 0.567. The van der Waals surface area contributed by atoms with E-state index in [1.165, 1.54) is 6.92 Å². The molecule has 1 fully saturated rings. The van der Waals surface area contributed by atoms with E-state index in [1.807, 2.05) is 6.08 Å². The highest BCUT2D eigenvalue weighted by atomic mass is 16.3. The van der Waals surface area contributed by atoms with Gasteiger partial charge >= 0.3 is 0 Å². The van der Waals surface area contributed by atoms with E-state index >= 15 is 0 Å². The zero-order chi connectivity index (χ0) is 8.06. The van der Waals surface area contributed by atoms with Gasteiger partial charge in [0.25, 0.3) is 0 Å². The minimum atomic E-state index is -1.01. The van der Waals surface area contributed by atoms with Crippen molar-refractivity contribution in [3.63, 3.8) is 0 Å². The van der Waals surface area contributed by atoms with E-state index in [9.17, 15) is 9.90 Å². The topological polar surface area (TPSA) is 37.3 Å². The van der Waals surface area contributed by atoms with E-state index in [-0.39, 0.29) is 11.7 Å². The molecule has 0 amide bonds. The number of aliphatic hydroxyl groups is 1. The fourth-order valence-corrected chi connectivity index (χ4v) is 2.24. The molecule has 0 heterocycles. The summed E-state index contributed by atoms with van der Waals surface area (Å²) < 4.78 is 0. The molecular formula is C9H12O2. The molecule has 1 saturated carbocycles. The molecule has 2 heteroatoms. The molecule has 0 saturated heterocycles. The second kappa shape index (κ2) is 1.95. The predicted octanol–water partition coefficient (Wildman–Crippen LogP) is 0.903. The van der Waals surface area contributed by atoms with Gasteiger partial charge in [0.2, 0.25) is 0 Å². The van der Waals surface area contributed by atoms with Gasteiger partial charge in [-0.05, 0) is 25.7 Å². The zero-order valence-corrected chi connectivity index (χ0v) is 6.58. The van der Waals surface area contributed by atoms with Crippen molar-refractivity contribution in [2.45, 2.75) is 25.4 Å². The van der Waals surface area contributed by atoms with Gasteiger partial charge < -0.3 is 5.11 Å². The van der Waals surface area contributed by atoms with Crippen LogP contribution in [0.1, 0.15) is 19.8 Å². The van der Waals surface area contributed by atoms with Crippen molar-refractivity contribution in [2.75, 3.05) is 0 Å². The molecule has 0 spiro atoms. The first kappa shape index (κ1) is 7.04. The second-order valence-electron chi connectivity index (χ2n) is 3.67. The van der Waals surface area contributed by atoms with Crippen LogP contribution in [-0.4, -0.2) is 16.5 Å². The molecule has 3 atom stereocenters. The summed E-state index contributed by atoms with van der Waals surface area (Å²) in [5.41, 5.74) is -1.01. The van der Waals surface area contributed by atoms with Gasteiger partial charge in [-0.2, -0.15) is 0 Å². The molecule has 2 aliphatic carbocycles. The summed E-state index contributed by atoms with van der Waals surface area (Å²) >= 11 is 0. The van der Waals surface area contributed by atoms with E-state index in [4.69, 9.17) is 0 Å². The average molecular weight is 152 g/mol. The number of carbonyl (C=O) groups excluding carboxylic acids is 1. The molecule has 2 rings (SSSR count). The van der Waals surface area contributed by atoms with Crippen molar-refractivity contribution in [2.24, 2.45) is 11.8 Å². The van der Waals surface area contributed by atoms with Crippen LogP contribution < -0.4 is 0 Å². The standard InChI is InChI=1S/C9H12O2/c1-6(10)9(11)5-7-2-3-8(9)4-7/h2-3,7-8,11H,4-5H2,1H3/t7-,8+,9?/m0/s1. The lowest BCUT2D eigenvalue weighted by atomic mass is 9.85. The van der Waals surface area contributed by atoms with Crippen LogP contribution in [0.15, 0.2) is 12.2 Å². The molecule has 0 radical (unpaired) electrons. The largest absolute Gasteiger partial charge is 0.381 e. The third-order valence-corrected chi connectivity index (χ3v) is 2.97. The van der Waals surface area contributed by atoms with E-state index in [0.29, 0.717) is 12.3 Å². The van der Waals surface area contributed by atoms with Gasteiger partial charge in [0, 0.05) is 5.92 Å². The first-order valence-corrected chi connectivity index (χ1v) is 4.04. The van der Waals surface area contributed by atoms with Gasteiger partial charge in [0.1, 0.15) is 5.60 Å². The number of allylic oxidation sites excluding steroid dienone is 1. The van der Waals surface area contributed by atoms with Crippen LogP contribution in [0.25, 0.3) is 0 Å². The number of ketones is 1. The van der Waals surface area contributed by atoms with E-state index < -0.39 is 5.60 Å². The molecule has 0 aliphatic heterocycles. The van der Waals surface area contributed by atoms with Crippen molar-refractivity contribution < 1.29 is 9.90 Å². The Morgan fingerprint density at radius 1 is 1.64 bits per heavy atom. The molecule has 2 bridgehead atoms. The fourth-order valence-electron chi connectivity index (χ4n) is 2.24. The van der Waals surface area contributed by atoms with Crippen LogP contribution >= 0.6 is 0 Å². The van der Waals surface area contributed by atoms with Gasteiger partial charge in [-0.25, -0.2) is 0 Å². The minimum Gasteiger partial charge on any atom is -0.381 e. The third kappa shape index (κ3) is 0.791. The Hall–Kier alpha value is -0.630. The van der Waals surface area contributed by atoms with Gasteiger partial charge in [0.05, 0.1) is 0 Å².